The second kappa shape index (κ2) is 6.05. The van der Waals surface area contributed by atoms with Gasteiger partial charge in [0, 0.05) is 18.5 Å². The van der Waals surface area contributed by atoms with Gasteiger partial charge < -0.3 is 15.6 Å². The molecule has 1 unspecified atom stereocenters. The van der Waals surface area contributed by atoms with Crippen molar-refractivity contribution in [2.75, 3.05) is 0 Å². The summed E-state index contributed by atoms with van der Waals surface area (Å²) in [5, 5.41) is 2.88. The van der Waals surface area contributed by atoms with Crippen LogP contribution in [-0.2, 0) is 11.3 Å². The van der Waals surface area contributed by atoms with Gasteiger partial charge in [0.05, 0.1) is 17.6 Å². The minimum absolute atomic E-state index is 0.0395. The van der Waals surface area contributed by atoms with Gasteiger partial charge in [-0.2, -0.15) is 0 Å². The molecule has 108 valence electrons. The number of rotatable bonds is 5. The van der Waals surface area contributed by atoms with E-state index in [1.54, 1.807) is 0 Å². The summed E-state index contributed by atoms with van der Waals surface area (Å²) in [6.45, 7) is 6.48. The maximum atomic E-state index is 11.7. The topological polar surface area (TPSA) is 72.9 Å². The number of carbonyl (C=O) groups excluding carboxylic acids is 1. The molecular formula is C15H22N4O. The van der Waals surface area contributed by atoms with Gasteiger partial charge in [0.2, 0.25) is 5.91 Å². The first-order valence-electron chi connectivity index (χ1n) is 6.97. The Bertz CT molecular complexity index is 601. The molecular weight excluding hydrogens is 252 g/mol. The van der Waals surface area contributed by atoms with Crippen LogP contribution in [0.5, 0.6) is 0 Å². The highest BCUT2D eigenvalue weighted by molar-refractivity contribution is 5.77. The van der Waals surface area contributed by atoms with Crippen LogP contribution in [0.2, 0.25) is 0 Å². The summed E-state index contributed by atoms with van der Waals surface area (Å²) >= 11 is 0. The molecule has 1 aromatic heterocycles. The van der Waals surface area contributed by atoms with E-state index in [1.807, 2.05) is 25.1 Å². The summed E-state index contributed by atoms with van der Waals surface area (Å²) in [5.74, 6) is 0.835. The number of carbonyl (C=O) groups is 1. The van der Waals surface area contributed by atoms with Gasteiger partial charge in [-0.15, -0.1) is 0 Å². The number of nitrogens with one attached hydrogen (secondary N) is 1. The van der Waals surface area contributed by atoms with Gasteiger partial charge in [0.15, 0.2) is 0 Å². The van der Waals surface area contributed by atoms with Crippen LogP contribution >= 0.6 is 0 Å². The van der Waals surface area contributed by atoms with Crippen molar-refractivity contribution in [3.63, 3.8) is 0 Å². The minimum atomic E-state index is -0.126. The lowest BCUT2D eigenvalue weighted by Gasteiger charge is -2.14. The summed E-state index contributed by atoms with van der Waals surface area (Å²) in [6.07, 6.45) is 0.335. The molecule has 0 aliphatic heterocycles. The van der Waals surface area contributed by atoms with Crippen molar-refractivity contribution >= 4 is 16.9 Å². The lowest BCUT2D eigenvalue weighted by atomic mass is 10.2. The first-order valence-corrected chi connectivity index (χ1v) is 6.97. The molecule has 0 bridgehead atoms. The van der Waals surface area contributed by atoms with E-state index in [9.17, 15) is 4.79 Å². The molecule has 0 aliphatic carbocycles. The number of aromatic nitrogens is 2. The van der Waals surface area contributed by atoms with Crippen LogP contribution in [0.15, 0.2) is 24.3 Å². The molecule has 0 radical (unpaired) electrons. The Kier molecular flexibility index (Phi) is 4.39. The average molecular weight is 274 g/mol. The molecule has 0 saturated carbocycles. The summed E-state index contributed by atoms with van der Waals surface area (Å²) in [7, 11) is 0. The number of imidazole rings is 1. The van der Waals surface area contributed by atoms with Crippen LogP contribution in [0.3, 0.4) is 0 Å². The summed E-state index contributed by atoms with van der Waals surface area (Å²) < 4.78 is 2.15. The molecule has 2 rings (SSSR count). The number of fused-ring (bicyclic) bond motifs is 1. The van der Waals surface area contributed by atoms with Crippen LogP contribution in [0, 0.1) is 0 Å². The van der Waals surface area contributed by atoms with Gasteiger partial charge in [0.25, 0.3) is 0 Å². The highest BCUT2D eigenvalue weighted by Gasteiger charge is 2.13. The number of nitrogens with two attached hydrogens (primary N) is 1. The van der Waals surface area contributed by atoms with E-state index in [0.717, 1.165) is 16.9 Å². The standard InChI is InChI=1S/C15H22N4O/c1-10(2)19-13-7-5-4-6-12(13)18-14(19)9-17-15(20)8-11(3)16/h4-7,10-11H,8-9,16H2,1-3H3,(H,17,20). The Morgan fingerprint density at radius 2 is 2.05 bits per heavy atom. The Morgan fingerprint density at radius 1 is 1.35 bits per heavy atom. The molecule has 0 spiro atoms. The van der Waals surface area contributed by atoms with Crippen molar-refractivity contribution < 1.29 is 4.79 Å². The zero-order valence-electron chi connectivity index (χ0n) is 12.3. The first kappa shape index (κ1) is 14.5. The van der Waals surface area contributed by atoms with Crippen molar-refractivity contribution in [3.8, 4) is 0 Å². The maximum absolute atomic E-state index is 11.7. The van der Waals surface area contributed by atoms with E-state index in [-0.39, 0.29) is 11.9 Å². The van der Waals surface area contributed by atoms with Crippen LogP contribution in [0.4, 0.5) is 0 Å². The fourth-order valence-corrected chi connectivity index (χ4v) is 2.34. The second-order valence-corrected chi connectivity index (χ2v) is 5.44. The van der Waals surface area contributed by atoms with Gasteiger partial charge in [-0.3, -0.25) is 4.79 Å². The highest BCUT2D eigenvalue weighted by atomic mass is 16.1. The quantitative estimate of drug-likeness (QED) is 0.875. The van der Waals surface area contributed by atoms with Crippen molar-refractivity contribution in [3.05, 3.63) is 30.1 Å². The van der Waals surface area contributed by atoms with Crippen molar-refractivity contribution in [1.82, 2.24) is 14.9 Å². The highest BCUT2D eigenvalue weighted by Crippen LogP contribution is 2.20. The lowest BCUT2D eigenvalue weighted by Crippen LogP contribution is -2.30. The number of hydrogen-bond acceptors (Lipinski definition) is 3. The van der Waals surface area contributed by atoms with Crippen molar-refractivity contribution in [2.45, 2.75) is 45.8 Å². The monoisotopic (exact) mass is 274 g/mol. The Hall–Kier alpha value is -1.88. The summed E-state index contributed by atoms with van der Waals surface area (Å²) in [6, 6.07) is 8.18. The van der Waals surface area contributed by atoms with Crippen LogP contribution in [0.1, 0.15) is 39.1 Å². The SMILES string of the molecule is CC(N)CC(=O)NCc1nc2ccccc2n1C(C)C. The number of amides is 1. The van der Waals surface area contributed by atoms with E-state index in [1.165, 1.54) is 0 Å². The fourth-order valence-electron chi connectivity index (χ4n) is 2.34. The number of benzene rings is 1. The minimum Gasteiger partial charge on any atom is -0.349 e. The molecule has 1 aromatic carbocycles. The third-order valence-electron chi connectivity index (χ3n) is 3.14. The lowest BCUT2D eigenvalue weighted by molar-refractivity contribution is -0.121. The number of nitrogens with zero attached hydrogens (tertiary/aromatic N) is 2. The zero-order chi connectivity index (χ0) is 14.7. The molecule has 5 nitrogen and oxygen atoms in total. The van der Waals surface area contributed by atoms with E-state index in [2.05, 4.69) is 34.8 Å². The molecule has 1 heterocycles. The molecule has 1 atom stereocenters. The molecule has 0 fully saturated rings. The molecule has 3 N–H and O–H groups in total. The third kappa shape index (κ3) is 3.17. The van der Waals surface area contributed by atoms with Gasteiger partial charge >= 0.3 is 0 Å². The number of para-hydroxylation sites is 2. The molecule has 0 saturated heterocycles. The summed E-state index contributed by atoms with van der Waals surface area (Å²) in [5.41, 5.74) is 7.67. The van der Waals surface area contributed by atoms with Gasteiger partial charge in [0.1, 0.15) is 5.82 Å². The van der Waals surface area contributed by atoms with E-state index in [0.29, 0.717) is 19.0 Å². The fraction of sp³-hybridized carbons (Fsp3) is 0.467. The Labute approximate surface area is 119 Å². The predicted molar refractivity (Wildman–Crippen MR) is 80.2 cm³/mol. The molecule has 5 heteroatoms. The number of hydrogen-bond donors (Lipinski definition) is 2. The maximum Gasteiger partial charge on any atom is 0.221 e. The smallest absolute Gasteiger partial charge is 0.221 e. The first-order chi connectivity index (χ1) is 9.49. The molecule has 1 amide bonds. The van der Waals surface area contributed by atoms with Crippen LogP contribution in [-0.4, -0.2) is 21.5 Å². The average Bonchev–Trinajstić information content (AvgIpc) is 2.73. The second-order valence-electron chi connectivity index (χ2n) is 5.44. The van der Waals surface area contributed by atoms with Crippen molar-refractivity contribution in [1.29, 1.82) is 0 Å². The van der Waals surface area contributed by atoms with Gasteiger partial charge in [-0.25, -0.2) is 4.98 Å². The van der Waals surface area contributed by atoms with E-state index in [4.69, 9.17) is 5.73 Å². The zero-order valence-corrected chi connectivity index (χ0v) is 12.3. The Morgan fingerprint density at radius 3 is 2.70 bits per heavy atom. The van der Waals surface area contributed by atoms with Crippen molar-refractivity contribution in [2.24, 2.45) is 5.73 Å². The molecule has 0 aliphatic rings. The van der Waals surface area contributed by atoms with Crippen LogP contribution in [0.25, 0.3) is 11.0 Å². The normalized spacial score (nSPS) is 12.8. The largest absolute Gasteiger partial charge is 0.349 e. The summed E-state index contributed by atoms with van der Waals surface area (Å²) in [4.78, 5) is 16.3. The van der Waals surface area contributed by atoms with E-state index < -0.39 is 0 Å². The Balaban J connectivity index is 2.21. The molecule has 2 aromatic rings. The molecule has 20 heavy (non-hydrogen) atoms. The van der Waals surface area contributed by atoms with E-state index >= 15 is 0 Å². The van der Waals surface area contributed by atoms with Gasteiger partial charge in [-0.05, 0) is 32.9 Å². The van der Waals surface area contributed by atoms with Gasteiger partial charge in [-0.1, -0.05) is 12.1 Å². The predicted octanol–water partition coefficient (Wildman–Crippen LogP) is 1.97. The van der Waals surface area contributed by atoms with Crippen LogP contribution < -0.4 is 11.1 Å². The third-order valence-corrected chi connectivity index (χ3v) is 3.14.